The summed E-state index contributed by atoms with van der Waals surface area (Å²) < 4.78 is 8.04. The number of rotatable bonds is 4. The molecule has 0 aliphatic carbocycles. The SMILES string of the molecule is Cc1noc(C)c1Cn1cnc2c(=O)[nH]c(-n3cc(C(=O)O)cn3)nc21. The number of aromatic nitrogens is 7. The Hall–Kier alpha value is -3.76. The fraction of sp³-hybridized carbons (Fsp3) is 0.200. The van der Waals surface area contributed by atoms with Crippen molar-refractivity contribution in [2.75, 3.05) is 0 Å². The molecule has 0 aliphatic heterocycles. The van der Waals surface area contributed by atoms with Gasteiger partial charge in [-0.2, -0.15) is 10.1 Å². The van der Waals surface area contributed by atoms with Crippen molar-refractivity contribution in [2.45, 2.75) is 20.4 Å². The number of H-pyrrole nitrogens is 1. The molecule has 0 aliphatic rings. The van der Waals surface area contributed by atoms with E-state index in [4.69, 9.17) is 9.63 Å². The number of aromatic carboxylic acids is 1. The fourth-order valence-corrected chi connectivity index (χ4v) is 2.61. The molecule has 0 amide bonds. The van der Waals surface area contributed by atoms with E-state index in [9.17, 15) is 9.59 Å². The largest absolute Gasteiger partial charge is 0.478 e. The van der Waals surface area contributed by atoms with E-state index < -0.39 is 11.5 Å². The predicted octanol–water partition coefficient (Wildman–Crippen LogP) is 0.657. The van der Waals surface area contributed by atoms with Crippen molar-refractivity contribution in [1.29, 1.82) is 0 Å². The zero-order chi connectivity index (χ0) is 18.4. The Morgan fingerprint density at radius 1 is 1.38 bits per heavy atom. The van der Waals surface area contributed by atoms with Crippen LogP contribution in [0.25, 0.3) is 17.1 Å². The molecule has 132 valence electrons. The predicted molar refractivity (Wildman–Crippen MR) is 87.3 cm³/mol. The number of aromatic amines is 1. The lowest BCUT2D eigenvalue weighted by Gasteiger charge is -2.05. The van der Waals surface area contributed by atoms with E-state index in [-0.39, 0.29) is 17.0 Å². The van der Waals surface area contributed by atoms with E-state index in [2.05, 4.69) is 25.2 Å². The molecule has 0 atom stereocenters. The van der Waals surface area contributed by atoms with Crippen molar-refractivity contribution in [2.24, 2.45) is 0 Å². The van der Waals surface area contributed by atoms with Crippen LogP contribution in [0.4, 0.5) is 0 Å². The standard InChI is InChI=1S/C15H13N7O4/c1-7-10(8(2)26-20-7)5-21-6-16-11-12(21)18-15(19-13(11)23)22-4-9(3-17-22)14(24)25/h3-4,6H,5H2,1-2H3,(H,24,25)(H,18,19,23). The normalized spacial score (nSPS) is 11.3. The van der Waals surface area contributed by atoms with Crippen LogP contribution in [0.1, 0.15) is 27.4 Å². The third kappa shape index (κ3) is 2.46. The van der Waals surface area contributed by atoms with Crippen molar-refractivity contribution in [3.63, 3.8) is 0 Å². The molecule has 0 unspecified atom stereocenters. The molecule has 4 aromatic rings. The van der Waals surface area contributed by atoms with Crippen molar-refractivity contribution < 1.29 is 14.4 Å². The Morgan fingerprint density at radius 2 is 2.19 bits per heavy atom. The van der Waals surface area contributed by atoms with Crippen LogP contribution in [-0.4, -0.2) is 45.5 Å². The summed E-state index contributed by atoms with van der Waals surface area (Å²) in [6, 6.07) is 0. The molecule has 4 aromatic heterocycles. The highest BCUT2D eigenvalue weighted by Crippen LogP contribution is 2.16. The summed E-state index contributed by atoms with van der Waals surface area (Å²) in [5.74, 6) is -0.355. The number of carbonyl (C=O) groups is 1. The average molecular weight is 355 g/mol. The smallest absolute Gasteiger partial charge is 0.338 e. The topological polar surface area (TPSA) is 145 Å². The first kappa shape index (κ1) is 15.7. The van der Waals surface area contributed by atoms with E-state index in [1.807, 2.05) is 6.92 Å². The second kappa shape index (κ2) is 5.65. The Morgan fingerprint density at radius 3 is 2.85 bits per heavy atom. The van der Waals surface area contributed by atoms with Gasteiger partial charge in [-0.1, -0.05) is 5.16 Å². The summed E-state index contributed by atoms with van der Waals surface area (Å²) >= 11 is 0. The quantitative estimate of drug-likeness (QED) is 0.543. The first-order valence-corrected chi connectivity index (χ1v) is 7.59. The van der Waals surface area contributed by atoms with Crippen LogP contribution in [-0.2, 0) is 6.54 Å². The van der Waals surface area contributed by atoms with Gasteiger partial charge >= 0.3 is 5.97 Å². The molecule has 0 saturated heterocycles. The Bertz CT molecular complexity index is 1180. The average Bonchev–Trinajstić information content (AvgIpc) is 3.30. The Balaban J connectivity index is 1.82. The molecule has 11 nitrogen and oxygen atoms in total. The van der Waals surface area contributed by atoms with E-state index in [0.717, 1.165) is 11.3 Å². The molecule has 4 rings (SSSR count). The van der Waals surface area contributed by atoms with Crippen LogP contribution in [0.2, 0.25) is 0 Å². The molecule has 2 N–H and O–H groups in total. The van der Waals surface area contributed by atoms with E-state index in [0.29, 0.717) is 18.0 Å². The van der Waals surface area contributed by atoms with Crippen LogP contribution in [0.5, 0.6) is 0 Å². The molecule has 0 fully saturated rings. The van der Waals surface area contributed by atoms with Gasteiger partial charge in [0.2, 0.25) is 5.95 Å². The minimum atomic E-state index is -1.12. The maximum Gasteiger partial charge on any atom is 0.338 e. The number of nitrogens with zero attached hydrogens (tertiary/aromatic N) is 6. The zero-order valence-corrected chi connectivity index (χ0v) is 13.8. The van der Waals surface area contributed by atoms with Crippen LogP contribution >= 0.6 is 0 Å². The molecule has 11 heteroatoms. The number of hydrogen-bond donors (Lipinski definition) is 2. The van der Waals surface area contributed by atoms with Gasteiger partial charge in [0.15, 0.2) is 11.2 Å². The maximum absolute atomic E-state index is 12.3. The summed E-state index contributed by atoms with van der Waals surface area (Å²) in [5, 5.41) is 16.8. The van der Waals surface area contributed by atoms with Gasteiger partial charge in [0, 0.05) is 11.8 Å². The Labute approximate surface area is 144 Å². The summed E-state index contributed by atoms with van der Waals surface area (Å²) in [4.78, 5) is 34.3. The van der Waals surface area contributed by atoms with Crippen molar-refractivity contribution in [3.8, 4) is 5.95 Å². The van der Waals surface area contributed by atoms with Crippen LogP contribution in [0.3, 0.4) is 0 Å². The summed E-state index contributed by atoms with van der Waals surface area (Å²) in [6.45, 7) is 4.01. The lowest BCUT2D eigenvalue weighted by atomic mass is 10.2. The third-order valence-corrected chi connectivity index (χ3v) is 4.02. The number of hydrogen-bond acceptors (Lipinski definition) is 7. The van der Waals surface area contributed by atoms with Crippen molar-refractivity contribution in [1.82, 2.24) is 34.5 Å². The lowest BCUT2D eigenvalue weighted by molar-refractivity contribution is 0.0697. The van der Waals surface area contributed by atoms with Gasteiger partial charge in [-0.25, -0.2) is 14.5 Å². The van der Waals surface area contributed by atoms with Crippen LogP contribution in [0, 0.1) is 13.8 Å². The van der Waals surface area contributed by atoms with E-state index in [1.54, 1.807) is 11.5 Å². The van der Waals surface area contributed by atoms with Gasteiger partial charge in [0.1, 0.15) is 5.76 Å². The summed E-state index contributed by atoms with van der Waals surface area (Å²) in [6.07, 6.45) is 3.95. The number of aryl methyl sites for hydroxylation is 2. The third-order valence-electron chi connectivity index (χ3n) is 4.02. The maximum atomic E-state index is 12.3. The fourth-order valence-electron chi connectivity index (χ4n) is 2.61. The second-order valence-electron chi connectivity index (χ2n) is 5.72. The van der Waals surface area contributed by atoms with E-state index in [1.165, 1.54) is 23.4 Å². The number of carboxylic acids is 1. The van der Waals surface area contributed by atoms with E-state index >= 15 is 0 Å². The number of imidazole rings is 1. The molecule has 0 radical (unpaired) electrons. The first-order chi connectivity index (χ1) is 12.4. The highest BCUT2D eigenvalue weighted by molar-refractivity contribution is 5.86. The van der Waals surface area contributed by atoms with Gasteiger partial charge in [0.05, 0.1) is 30.3 Å². The monoisotopic (exact) mass is 355 g/mol. The lowest BCUT2D eigenvalue weighted by Crippen LogP contribution is -2.15. The van der Waals surface area contributed by atoms with Gasteiger partial charge in [-0.05, 0) is 13.8 Å². The molecule has 0 saturated carbocycles. The zero-order valence-electron chi connectivity index (χ0n) is 13.8. The van der Waals surface area contributed by atoms with Gasteiger partial charge < -0.3 is 14.2 Å². The Kier molecular flexibility index (Phi) is 3.42. The van der Waals surface area contributed by atoms with Gasteiger partial charge in [-0.3, -0.25) is 9.78 Å². The van der Waals surface area contributed by atoms with Crippen LogP contribution in [0.15, 0.2) is 28.0 Å². The molecule has 26 heavy (non-hydrogen) atoms. The molecular formula is C15H13N7O4. The number of nitrogens with one attached hydrogen (secondary N) is 1. The van der Waals surface area contributed by atoms with Gasteiger partial charge in [0.25, 0.3) is 5.56 Å². The molecule has 0 aromatic carbocycles. The number of carboxylic acid groups (broad SMARTS) is 1. The second-order valence-corrected chi connectivity index (χ2v) is 5.72. The highest BCUT2D eigenvalue weighted by Gasteiger charge is 2.16. The van der Waals surface area contributed by atoms with Crippen LogP contribution < -0.4 is 5.56 Å². The van der Waals surface area contributed by atoms with Crippen molar-refractivity contribution >= 4 is 17.1 Å². The molecule has 4 heterocycles. The minimum Gasteiger partial charge on any atom is -0.478 e. The number of fused-ring (bicyclic) bond motifs is 1. The minimum absolute atomic E-state index is 0.0167. The van der Waals surface area contributed by atoms with Crippen molar-refractivity contribution in [3.05, 3.63) is 51.7 Å². The molecular weight excluding hydrogens is 342 g/mol. The summed E-state index contributed by atoms with van der Waals surface area (Å²) in [7, 11) is 0. The molecule has 0 spiro atoms. The van der Waals surface area contributed by atoms with Gasteiger partial charge in [-0.15, -0.1) is 0 Å². The first-order valence-electron chi connectivity index (χ1n) is 7.59. The highest BCUT2D eigenvalue weighted by atomic mass is 16.5. The summed E-state index contributed by atoms with van der Waals surface area (Å²) in [5.41, 5.74) is 1.67. The molecule has 0 bridgehead atoms.